The second-order valence-electron chi connectivity index (χ2n) is 7.86. The monoisotopic (exact) mass is 588 g/mol. The van der Waals surface area contributed by atoms with Gasteiger partial charge in [0, 0.05) is 18.7 Å². The Labute approximate surface area is 231 Å². The number of benzene rings is 2. The Kier molecular flexibility index (Phi) is 9.78. The number of hydrogen-bond acceptors (Lipinski definition) is 7. The van der Waals surface area contributed by atoms with Gasteiger partial charge in [-0.3, -0.25) is 24.1 Å². The van der Waals surface area contributed by atoms with Crippen LogP contribution >= 0.6 is 46.4 Å². The second-order valence-corrected chi connectivity index (χ2v) is 9.37. The molecule has 0 fully saturated rings. The molecule has 2 aromatic rings. The summed E-state index contributed by atoms with van der Waals surface area (Å²) in [7, 11) is 1.26. The molecule has 0 saturated carbocycles. The molecule has 0 aliphatic carbocycles. The number of carbonyl (C=O) groups is 5. The summed E-state index contributed by atoms with van der Waals surface area (Å²) in [6.45, 7) is -0.389. The van der Waals surface area contributed by atoms with Gasteiger partial charge < -0.3 is 14.8 Å². The zero-order valence-electron chi connectivity index (χ0n) is 19.4. The van der Waals surface area contributed by atoms with E-state index in [9.17, 15) is 24.0 Å². The number of esters is 2. The number of rotatable bonds is 10. The molecule has 0 bridgehead atoms. The number of nitrogens with one attached hydrogen (secondary N) is 1. The van der Waals surface area contributed by atoms with Gasteiger partial charge in [0.1, 0.15) is 0 Å². The molecule has 0 unspecified atom stereocenters. The second kappa shape index (κ2) is 12.6. The van der Waals surface area contributed by atoms with E-state index in [0.29, 0.717) is 30.5 Å². The first-order chi connectivity index (χ1) is 17.6. The normalized spacial score (nSPS) is 12.4. The van der Waals surface area contributed by atoms with Crippen molar-refractivity contribution in [2.24, 2.45) is 0 Å². The van der Waals surface area contributed by atoms with Crippen molar-refractivity contribution in [1.82, 2.24) is 4.90 Å². The summed E-state index contributed by atoms with van der Waals surface area (Å²) in [5.41, 5.74) is 0.602. The quantitative estimate of drug-likeness (QED) is 0.129. The molecule has 3 amide bonds. The molecular formula is C24H20Cl4N2O7. The molecule has 196 valence electrons. The third kappa shape index (κ3) is 6.54. The molecule has 3 rings (SSSR count). The van der Waals surface area contributed by atoms with Gasteiger partial charge >= 0.3 is 11.9 Å². The highest BCUT2D eigenvalue weighted by Gasteiger charge is 2.41. The molecule has 2 aromatic carbocycles. The maximum atomic E-state index is 12.7. The number of ether oxygens (including phenoxy) is 2. The fraction of sp³-hybridized carbons (Fsp3) is 0.292. The Morgan fingerprint density at radius 3 is 1.95 bits per heavy atom. The first-order valence-corrected chi connectivity index (χ1v) is 12.4. The first-order valence-electron chi connectivity index (χ1n) is 10.9. The first kappa shape index (κ1) is 28.7. The SMILES string of the molecule is COC(=O)c1ccc(NC(=O)COC(=O)CCCCCN2C(=O)c3c(Cl)c(Cl)c(Cl)c(Cl)c3C2=O)cc1. The molecule has 37 heavy (non-hydrogen) atoms. The topological polar surface area (TPSA) is 119 Å². The van der Waals surface area contributed by atoms with E-state index in [1.165, 1.54) is 31.4 Å². The Balaban J connectivity index is 1.38. The van der Waals surface area contributed by atoms with Gasteiger partial charge in [-0.15, -0.1) is 0 Å². The standard InChI is InChI=1S/C24H20Cl4N2O7/c1-36-24(35)12-6-8-13(9-7-12)29-14(31)11-37-15(32)5-3-2-4-10-30-22(33)16-17(23(30)34)19(26)21(28)20(27)18(16)25/h6-9H,2-5,10-11H2,1H3,(H,29,31). The Hall–Kier alpha value is -2.85. The molecule has 9 nitrogen and oxygen atoms in total. The summed E-state index contributed by atoms with van der Waals surface area (Å²) in [6.07, 6.45) is 1.38. The van der Waals surface area contributed by atoms with Crippen molar-refractivity contribution in [2.45, 2.75) is 25.7 Å². The third-order valence-corrected chi connectivity index (χ3v) is 7.20. The third-order valence-electron chi connectivity index (χ3n) is 5.40. The summed E-state index contributed by atoms with van der Waals surface area (Å²) < 4.78 is 9.56. The van der Waals surface area contributed by atoms with Crippen LogP contribution < -0.4 is 5.32 Å². The molecule has 0 atom stereocenters. The van der Waals surface area contributed by atoms with Gasteiger partial charge in [-0.2, -0.15) is 0 Å². The fourth-order valence-corrected chi connectivity index (χ4v) is 4.55. The number of carbonyl (C=O) groups excluding carboxylic acids is 5. The fourth-order valence-electron chi connectivity index (χ4n) is 3.54. The number of nitrogens with zero attached hydrogens (tertiary/aromatic N) is 1. The van der Waals surface area contributed by atoms with Crippen molar-refractivity contribution in [3.8, 4) is 0 Å². The summed E-state index contributed by atoms with van der Waals surface area (Å²) in [4.78, 5) is 61.7. The Bertz CT molecular complexity index is 1220. The molecule has 0 aromatic heterocycles. The van der Waals surface area contributed by atoms with Crippen LogP contribution in [0.5, 0.6) is 0 Å². The molecule has 1 aliphatic heterocycles. The average molecular weight is 590 g/mol. The largest absolute Gasteiger partial charge is 0.465 e. The number of amides is 3. The number of fused-ring (bicyclic) bond motifs is 1. The zero-order valence-corrected chi connectivity index (χ0v) is 22.4. The van der Waals surface area contributed by atoms with E-state index in [1.807, 2.05) is 0 Å². The smallest absolute Gasteiger partial charge is 0.337 e. The van der Waals surface area contributed by atoms with Gasteiger partial charge in [0.2, 0.25) is 0 Å². The van der Waals surface area contributed by atoms with Crippen LogP contribution in [-0.2, 0) is 19.1 Å². The lowest BCUT2D eigenvalue weighted by molar-refractivity contribution is -0.147. The molecule has 1 heterocycles. The number of halogens is 4. The number of anilines is 1. The van der Waals surface area contributed by atoms with Crippen LogP contribution in [-0.4, -0.2) is 54.8 Å². The molecule has 0 radical (unpaired) electrons. The highest BCUT2D eigenvalue weighted by atomic mass is 35.5. The van der Waals surface area contributed by atoms with Crippen molar-refractivity contribution >= 4 is 81.8 Å². The predicted molar refractivity (Wildman–Crippen MR) is 138 cm³/mol. The predicted octanol–water partition coefficient (Wildman–Crippen LogP) is 5.43. The molecule has 13 heteroatoms. The van der Waals surface area contributed by atoms with E-state index in [-0.39, 0.29) is 44.2 Å². The van der Waals surface area contributed by atoms with Crippen LogP contribution in [0.15, 0.2) is 24.3 Å². The van der Waals surface area contributed by atoms with Crippen LogP contribution in [0.1, 0.15) is 56.8 Å². The zero-order chi connectivity index (χ0) is 27.3. The highest BCUT2D eigenvalue weighted by molar-refractivity contribution is 6.55. The number of methoxy groups -OCH3 is 1. The van der Waals surface area contributed by atoms with E-state index < -0.39 is 36.3 Å². The van der Waals surface area contributed by atoms with Crippen LogP contribution in [0.25, 0.3) is 0 Å². The molecule has 0 saturated heterocycles. The van der Waals surface area contributed by atoms with E-state index in [2.05, 4.69) is 10.1 Å². The van der Waals surface area contributed by atoms with Crippen molar-refractivity contribution in [2.75, 3.05) is 25.6 Å². The van der Waals surface area contributed by atoms with Crippen molar-refractivity contribution in [3.63, 3.8) is 0 Å². The van der Waals surface area contributed by atoms with Gasteiger partial charge in [0.15, 0.2) is 6.61 Å². The van der Waals surface area contributed by atoms with Crippen molar-refractivity contribution in [3.05, 3.63) is 61.0 Å². The average Bonchev–Trinajstić information content (AvgIpc) is 3.14. The molecular weight excluding hydrogens is 570 g/mol. The van der Waals surface area contributed by atoms with Gasteiger partial charge in [0.05, 0.1) is 43.9 Å². The minimum Gasteiger partial charge on any atom is -0.465 e. The number of unbranched alkanes of at least 4 members (excludes halogenated alkanes) is 2. The summed E-state index contributed by atoms with van der Waals surface area (Å²) in [5.74, 6) is -2.84. The Morgan fingerprint density at radius 1 is 0.838 bits per heavy atom. The van der Waals surface area contributed by atoms with E-state index in [4.69, 9.17) is 51.1 Å². The van der Waals surface area contributed by atoms with Gasteiger partial charge in [-0.05, 0) is 37.1 Å². The van der Waals surface area contributed by atoms with Crippen molar-refractivity contribution in [1.29, 1.82) is 0 Å². The van der Waals surface area contributed by atoms with E-state index >= 15 is 0 Å². The maximum Gasteiger partial charge on any atom is 0.337 e. The minimum atomic E-state index is -0.615. The molecule has 0 spiro atoms. The maximum absolute atomic E-state index is 12.7. The lowest BCUT2D eigenvalue weighted by Crippen LogP contribution is -2.30. The van der Waals surface area contributed by atoms with E-state index in [1.54, 1.807) is 0 Å². The van der Waals surface area contributed by atoms with Crippen LogP contribution in [0.3, 0.4) is 0 Å². The minimum absolute atomic E-state index is 0.0477. The lowest BCUT2D eigenvalue weighted by Gasteiger charge is -2.13. The summed E-state index contributed by atoms with van der Waals surface area (Å²) in [5, 5.41) is 2.09. The van der Waals surface area contributed by atoms with Crippen LogP contribution in [0, 0.1) is 0 Å². The molecule has 1 N–H and O–H groups in total. The lowest BCUT2D eigenvalue weighted by atomic mass is 10.1. The number of hydrogen-bond donors (Lipinski definition) is 1. The summed E-state index contributed by atoms with van der Waals surface area (Å²) >= 11 is 24.2. The number of imide groups is 1. The Morgan fingerprint density at radius 2 is 1.41 bits per heavy atom. The summed E-state index contributed by atoms with van der Waals surface area (Å²) in [6, 6.07) is 6.02. The van der Waals surface area contributed by atoms with E-state index in [0.717, 1.165) is 4.90 Å². The van der Waals surface area contributed by atoms with Crippen LogP contribution in [0.2, 0.25) is 20.1 Å². The van der Waals surface area contributed by atoms with Gasteiger partial charge in [-0.1, -0.05) is 52.8 Å². The van der Waals surface area contributed by atoms with Gasteiger partial charge in [0.25, 0.3) is 17.7 Å². The highest BCUT2D eigenvalue weighted by Crippen LogP contribution is 2.44. The van der Waals surface area contributed by atoms with Gasteiger partial charge in [-0.25, -0.2) is 4.79 Å². The van der Waals surface area contributed by atoms with Crippen LogP contribution in [0.4, 0.5) is 5.69 Å². The van der Waals surface area contributed by atoms with Crippen molar-refractivity contribution < 1.29 is 33.4 Å². The molecule has 1 aliphatic rings.